The maximum atomic E-state index is 12.2. The number of nitrogens with one attached hydrogen (secondary N) is 1. The third-order valence-corrected chi connectivity index (χ3v) is 3.13. The fourth-order valence-electron chi connectivity index (χ4n) is 2.26. The van der Waals surface area contributed by atoms with Crippen LogP contribution in [-0.2, 0) is 14.3 Å². The van der Waals surface area contributed by atoms with Gasteiger partial charge >= 0.3 is 12.2 Å². The number of ether oxygens (including phenoxy) is 2. The van der Waals surface area contributed by atoms with Gasteiger partial charge in [-0.05, 0) is 54.4 Å². The van der Waals surface area contributed by atoms with Crippen LogP contribution >= 0.6 is 0 Å². The van der Waals surface area contributed by atoms with Gasteiger partial charge in [0.2, 0.25) is 0 Å². The van der Waals surface area contributed by atoms with Gasteiger partial charge in [0.15, 0.2) is 0 Å². The number of nitrogens with zero attached hydrogens (tertiary/aromatic N) is 1. The van der Waals surface area contributed by atoms with Gasteiger partial charge in [0, 0.05) is 6.54 Å². The number of amides is 2. The Labute approximate surface area is 137 Å². The summed E-state index contributed by atoms with van der Waals surface area (Å²) in [6.45, 7) is 10.9. The highest BCUT2D eigenvalue weighted by Crippen LogP contribution is 2.20. The summed E-state index contributed by atoms with van der Waals surface area (Å²) in [4.78, 5) is 36.7. The summed E-state index contributed by atoms with van der Waals surface area (Å²) in [7, 11) is 0. The first kappa shape index (κ1) is 19.3. The zero-order valence-electron chi connectivity index (χ0n) is 14.8. The molecule has 2 amide bonds. The van der Waals surface area contributed by atoms with Gasteiger partial charge in [-0.15, -0.1) is 0 Å². The zero-order valence-corrected chi connectivity index (χ0v) is 14.8. The minimum atomic E-state index is -0.643. The van der Waals surface area contributed by atoms with Crippen LogP contribution in [0.25, 0.3) is 0 Å². The number of hydrogen-bond donors (Lipinski definition) is 1. The smallest absolute Gasteiger partial charge is 0.410 e. The van der Waals surface area contributed by atoms with Crippen molar-refractivity contribution in [3.8, 4) is 0 Å². The average molecular weight is 328 g/mol. The molecule has 1 heterocycles. The van der Waals surface area contributed by atoms with Crippen molar-refractivity contribution in [2.75, 3.05) is 6.54 Å². The van der Waals surface area contributed by atoms with Crippen molar-refractivity contribution in [3.63, 3.8) is 0 Å². The normalized spacial score (nSPS) is 22.3. The van der Waals surface area contributed by atoms with E-state index in [-0.39, 0.29) is 12.6 Å². The lowest BCUT2D eigenvalue weighted by Crippen LogP contribution is -2.55. The Morgan fingerprint density at radius 3 is 2.09 bits per heavy atom. The molecule has 0 bridgehead atoms. The van der Waals surface area contributed by atoms with E-state index in [2.05, 4.69) is 5.32 Å². The lowest BCUT2D eigenvalue weighted by atomic mass is 9.99. The van der Waals surface area contributed by atoms with E-state index in [1.54, 1.807) is 41.5 Å². The molecule has 0 radical (unpaired) electrons. The van der Waals surface area contributed by atoms with Gasteiger partial charge in [-0.25, -0.2) is 9.59 Å². The second-order valence-electron chi connectivity index (χ2n) is 7.76. The van der Waals surface area contributed by atoms with Gasteiger partial charge in [-0.1, -0.05) is 0 Å². The molecule has 1 N–H and O–H groups in total. The fourth-order valence-corrected chi connectivity index (χ4v) is 2.26. The van der Waals surface area contributed by atoms with Crippen LogP contribution in [0.4, 0.5) is 9.59 Å². The quantitative estimate of drug-likeness (QED) is 0.787. The monoisotopic (exact) mass is 328 g/mol. The Balaban J connectivity index is 2.68. The third-order valence-electron chi connectivity index (χ3n) is 3.13. The molecule has 132 valence electrons. The van der Waals surface area contributed by atoms with Crippen molar-refractivity contribution in [1.82, 2.24) is 10.2 Å². The average Bonchev–Trinajstić information content (AvgIpc) is 2.34. The van der Waals surface area contributed by atoms with Crippen molar-refractivity contribution in [3.05, 3.63) is 0 Å². The third kappa shape index (κ3) is 6.88. The molecule has 23 heavy (non-hydrogen) atoms. The number of carbonyl (C=O) groups excluding carboxylic acids is 3. The molecule has 2 atom stereocenters. The number of rotatable bonds is 2. The first-order valence-electron chi connectivity index (χ1n) is 7.86. The van der Waals surface area contributed by atoms with Gasteiger partial charge < -0.3 is 19.6 Å². The summed E-state index contributed by atoms with van der Waals surface area (Å²) in [5, 5.41) is 2.74. The molecule has 7 heteroatoms. The molecular formula is C16H28N2O5. The Hall–Kier alpha value is -1.79. The summed E-state index contributed by atoms with van der Waals surface area (Å²) >= 11 is 0. The van der Waals surface area contributed by atoms with E-state index in [1.807, 2.05) is 0 Å². The van der Waals surface area contributed by atoms with Gasteiger partial charge in [-0.3, -0.25) is 4.90 Å². The molecule has 0 aromatic heterocycles. The molecule has 1 aliphatic heterocycles. The first-order chi connectivity index (χ1) is 10.4. The summed E-state index contributed by atoms with van der Waals surface area (Å²) in [6.07, 6.45) is 0.736. The lowest BCUT2D eigenvalue weighted by molar-refractivity contribution is -0.113. The number of piperidine rings is 1. The number of alkyl carbamates (subject to hydrolysis) is 1. The van der Waals surface area contributed by atoms with Crippen LogP contribution in [0.1, 0.15) is 54.4 Å². The Kier molecular flexibility index (Phi) is 6.02. The first-order valence-corrected chi connectivity index (χ1v) is 7.86. The topological polar surface area (TPSA) is 84.9 Å². The van der Waals surface area contributed by atoms with Crippen molar-refractivity contribution >= 4 is 18.5 Å². The molecule has 0 saturated carbocycles. The Morgan fingerprint density at radius 1 is 1.04 bits per heavy atom. The summed E-state index contributed by atoms with van der Waals surface area (Å²) in [6, 6.07) is -0.796. The molecule has 1 rings (SSSR count). The molecule has 0 aliphatic carbocycles. The predicted octanol–water partition coefficient (Wildman–Crippen LogP) is 2.48. The molecule has 0 spiro atoms. The molecule has 1 aliphatic rings. The van der Waals surface area contributed by atoms with Crippen molar-refractivity contribution in [1.29, 1.82) is 0 Å². The Morgan fingerprint density at radius 2 is 1.61 bits per heavy atom. The highest BCUT2D eigenvalue weighted by Gasteiger charge is 2.35. The molecule has 1 saturated heterocycles. The highest BCUT2D eigenvalue weighted by atomic mass is 16.6. The van der Waals surface area contributed by atoms with Gasteiger partial charge in [-0.2, -0.15) is 0 Å². The molecule has 7 nitrogen and oxygen atoms in total. The second kappa shape index (κ2) is 7.19. The van der Waals surface area contributed by atoms with Gasteiger partial charge in [0.05, 0.1) is 12.1 Å². The number of carbonyl (C=O) groups is 3. The Bertz CT molecular complexity index is 450. The van der Waals surface area contributed by atoms with E-state index in [0.29, 0.717) is 12.8 Å². The van der Waals surface area contributed by atoms with E-state index in [4.69, 9.17) is 9.47 Å². The fraction of sp³-hybridized carbons (Fsp3) is 0.812. The number of aldehydes is 1. The van der Waals surface area contributed by atoms with Gasteiger partial charge in [0.25, 0.3) is 0 Å². The molecule has 1 fully saturated rings. The van der Waals surface area contributed by atoms with Crippen LogP contribution in [-0.4, -0.2) is 53.2 Å². The zero-order chi connectivity index (χ0) is 17.8. The van der Waals surface area contributed by atoms with Crippen LogP contribution in [0.5, 0.6) is 0 Å². The standard InChI is InChI=1S/C16H28N2O5/c1-15(2,3)22-13(20)17-11-7-8-12(10-19)18(9-11)14(21)23-16(4,5)6/h10-12H,7-9H2,1-6H3,(H,17,20)/t11-,12+/m1/s1. The summed E-state index contributed by atoms with van der Waals surface area (Å²) in [5.41, 5.74) is -1.23. The maximum absolute atomic E-state index is 12.2. The van der Waals surface area contributed by atoms with Crippen molar-refractivity contribution in [2.45, 2.75) is 77.7 Å². The van der Waals surface area contributed by atoms with Crippen LogP contribution in [0.15, 0.2) is 0 Å². The minimum Gasteiger partial charge on any atom is -0.444 e. The van der Waals surface area contributed by atoms with E-state index >= 15 is 0 Å². The summed E-state index contributed by atoms with van der Waals surface area (Å²) in [5.74, 6) is 0. The highest BCUT2D eigenvalue weighted by molar-refractivity contribution is 5.74. The van der Waals surface area contributed by atoms with Crippen LogP contribution < -0.4 is 5.32 Å². The van der Waals surface area contributed by atoms with Crippen LogP contribution in [0, 0.1) is 0 Å². The molecule has 0 aromatic rings. The summed E-state index contributed by atoms with van der Waals surface area (Å²) < 4.78 is 10.5. The van der Waals surface area contributed by atoms with Crippen molar-refractivity contribution < 1.29 is 23.9 Å². The van der Waals surface area contributed by atoms with E-state index in [0.717, 1.165) is 6.29 Å². The van der Waals surface area contributed by atoms with Crippen molar-refractivity contribution in [2.24, 2.45) is 0 Å². The van der Waals surface area contributed by atoms with E-state index in [9.17, 15) is 14.4 Å². The molecular weight excluding hydrogens is 300 g/mol. The molecule has 0 aromatic carbocycles. The van der Waals surface area contributed by atoms with Crippen LogP contribution in [0.3, 0.4) is 0 Å². The second-order valence-corrected chi connectivity index (χ2v) is 7.76. The largest absolute Gasteiger partial charge is 0.444 e. The molecule has 0 unspecified atom stereocenters. The van der Waals surface area contributed by atoms with Crippen LogP contribution in [0.2, 0.25) is 0 Å². The van der Waals surface area contributed by atoms with Gasteiger partial charge in [0.1, 0.15) is 17.5 Å². The number of hydrogen-bond acceptors (Lipinski definition) is 5. The minimum absolute atomic E-state index is 0.220. The van der Waals surface area contributed by atoms with E-state index in [1.165, 1.54) is 4.90 Å². The predicted molar refractivity (Wildman–Crippen MR) is 85.2 cm³/mol. The lowest BCUT2D eigenvalue weighted by Gasteiger charge is -2.38. The van der Waals surface area contributed by atoms with E-state index < -0.39 is 29.4 Å². The maximum Gasteiger partial charge on any atom is 0.410 e. The SMILES string of the molecule is CC(C)(C)OC(=O)N[C@@H]1CC[C@@H](C=O)N(C(=O)OC(C)(C)C)C1. The number of likely N-dealkylation sites (tertiary alicyclic amines) is 1.